The van der Waals surface area contributed by atoms with Crippen molar-refractivity contribution < 1.29 is 9.53 Å². The highest BCUT2D eigenvalue weighted by Crippen LogP contribution is 2.18. The van der Waals surface area contributed by atoms with E-state index in [4.69, 9.17) is 4.74 Å². The van der Waals surface area contributed by atoms with Crippen LogP contribution < -0.4 is 10.1 Å². The Labute approximate surface area is 146 Å². The maximum atomic E-state index is 11.9. The van der Waals surface area contributed by atoms with Gasteiger partial charge < -0.3 is 10.1 Å². The number of ether oxygens (including phenoxy) is 1. The molecule has 0 aliphatic heterocycles. The predicted molar refractivity (Wildman–Crippen MR) is 94.2 cm³/mol. The Hall–Kier alpha value is -3.15. The molecule has 0 bridgehead atoms. The van der Waals surface area contributed by atoms with Crippen LogP contribution in [-0.4, -0.2) is 20.7 Å². The number of nitrogens with zero attached hydrogens (tertiary/aromatic N) is 3. The van der Waals surface area contributed by atoms with E-state index in [2.05, 4.69) is 15.4 Å². The second kappa shape index (κ2) is 8.10. The third kappa shape index (κ3) is 5.17. The van der Waals surface area contributed by atoms with Crippen LogP contribution >= 0.6 is 0 Å². The molecule has 128 valence electrons. The van der Waals surface area contributed by atoms with Gasteiger partial charge in [-0.15, -0.1) is 0 Å². The van der Waals surface area contributed by atoms with Gasteiger partial charge in [0.05, 0.1) is 6.20 Å². The Kier molecular flexibility index (Phi) is 5.41. The zero-order valence-electron chi connectivity index (χ0n) is 14.1. The molecule has 3 rings (SSSR count). The van der Waals surface area contributed by atoms with Crippen LogP contribution in [0.15, 0.2) is 61.1 Å². The number of carbonyl (C=O) groups is 1. The molecule has 0 unspecified atom stereocenters. The van der Waals surface area contributed by atoms with Crippen LogP contribution in [0.4, 0.5) is 0 Å². The number of benzene rings is 1. The van der Waals surface area contributed by atoms with Crippen molar-refractivity contribution in [2.24, 2.45) is 0 Å². The summed E-state index contributed by atoms with van der Waals surface area (Å²) < 4.78 is 7.41. The third-order valence-electron chi connectivity index (χ3n) is 3.58. The highest BCUT2D eigenvalue weighted by Gasteiger charge is 2.04. The van der Waals surface area contributed by atoms with Gasteiger partial charge in [-0.1, -0.05) is 24.3 Å². The molecule has 0 spiro atoms. The molecule has 0 aliphatic rings. The number of carbonyl (C=O) groups excluding carboxylic acids is 1. The Morgan fingerprint density at radius 2 is 2.00 bits per heavy atom. The molecule has 1 aromatic carbocycles. The normalized spacial score (nSPS) is 10.4. The van der Waals surface area contributed by atoms with Crippen LogP contribution in [0.3, 0.4) is 0 Å². The minimum absolute atomic E-state index is 0.0160. The molecule has 0 saturated heterocycles. The molecule has 0 saturated carbocycles. The van der Waals surface area contributed by atoms with Gasteiger partial charge in [0.25, 0.3) is 0 Å². The SMILES string of the molecule is Cc1cnn(CCC(=O)NCc2ccc(Oc3ccccc3)nc2)c1. The summed E-state index contributed by atoms with van der Waals surface area (Å²) in [6.45, 7) is 2.99. The number of pyridine rings is 1. The van der Waals surface area contributed by atoms with Crippen molar-refractivity contribution in [3.8, 4) is 11.6 Å². The van der Waals surface area contributed by atoms with Gasteiger partial charge in [0, 0.05) is 38.0 Å². The monoisotopic (exact) mass is 336 g/mol. The molecule has 0 radical (unpaired) electrons. The molecule has 1 N–H and O–H groups in total. The van der Waals surface area contributed by atoms with E-state index in [1.165, 1.54) is 0 Å². The summed E-state index contributed by atoms with van der Waals surface area (Å²) >= 11 is 0. The lowest BCUT2D eigenvalue weighted by molar-refractivity contribution is -0.121. The molecule has 6 nitrogen and oxygen atoms in total. The van der Waals surface area contributed by atoms with E-state index in [1.807, 2.05) is 49.5 Å². The van der Waals surface area contributed by atoms with Crippen LogP contribution in [0, 0.1) is 6.92 Å². The fourth-order valence-corrected chi connectivity index (χ4v) is 2.28. The molecule has 25 heavy (non-hydrogen) atoms. The van der Waals surface area contributed by atoms with Crippen molar-refractivity contribution in [2.75, 3.05) is 0 Å². The number of nitrogens with one attached hydrogen (secondary N) is 1. The molecule has 1 amide bonds. The Morgan fingerprint density at radius 3 is 2.68 bits per heavy atom. The zero-order chi connectivity index (χ0) is 17.5. The average Bonchev–Trinajstić information content (AvgIpc) is 3.06. The molecular formula is C19H20N4O2. The van der Waals surface area contributed by atoms with Gasteiger partial charge in [-0.3, -0.25) is 9.48 Å². The van der Waals surface area contributed by atoms with Crippen molar-refractivity contribution >= 4 is 5.91 Å². The third-order valence-corrected chi connectivity index (χ3v) is 3.58. The van der Waals surface area contributed by atoms with Crippen molar-refractivity contribution in [3.05, 3.63) is 72.2 Å². The van der Waals surface area contributed by atoms with Crippen LogP contribution in [-0.2, 0) is 17.9 Å². The van der Waals surface area contributed by atoms with E-state index < -0.39 is 0 Å². The van der Waals surface area contributed by atoms with Crippen molar-refractivity contribution in [1.29, 1.82) is 0 Å². The smallest absolute Gasteiger partial charge is 0.222 e. The molecule has 0 fully saturated rings. The summed E-state index contributed by atoms with van der Waals surface area (Å²) in [5.41, 5.74) is 2.01. The summed E-state index contributed by atoms with van der Waals surface area (Å²) in [6, 6.07) is 13.2. The molecule has 0 atom stereocenters. The number of para-hydroxylation sites is 1. The van der Waals surface area contributed by atoms with Gasteiger partial charge in [-0.25, -0.2) is 4.98 Å². The number of aryl methyl sites for hydroxylation is 2. The van der Waals surface area contributed by atoms with Crippen molar-refractivity contribution in [1.82, 2.24) is 20.1 Å². The molecule has 0 aliphatic carbocycles. The van der Waals surface area contributed by atoms with Gasteiger partial charge in [0.2, 0.25) is 11.8 Å². The van der Waals surface area contributed by atoms with Crippen molar-refractivity contribution in [2.45, 2.75) is 26.4 Å². The predicted octanol–water partition coefficient (Wildman–Crippen LogP) is 3.09. The minimum Gasteiger partial charge on any atom is -0.439 e. The van der Waals surface area contributed by atoms with E-state index in [1.54, 1.807) is 23.1 Å². The van der Waals surface area contributed by atoms with E-state index in [9.17, 15) is 4.79 Å². The second-order valence-electron chi connectivity index (χ2n) is 5.73. The first-order valence-electron chi connectivity index (χ1n) is 8.12. The lowest BCUT2D eigenvalue weighted by Gasteiger charge is -2.07. The minimum atomic E-state index is -0.0160. The number of aromatic nitrogens is 3. The van der Waals surface area contributed by atoms with E-state index in [0.29, 0.717) is 25.4 Å². The second-order valence-corrected chi connectivity index (χ2v) is 5.73. The van der Waals surface area contributed by atoms with Crippen LogP contribution in [0.2, 0.25) is 0 Å². The maximum absolute atomic E-state index is 11.9. The lowest BCUT2D eigenvalue weighted by atomic mass is 10.2. The fourth-order valence-electron chi connectivity index (χ4n) is 2.28. The number of rotatable bonds is 7. The fraction of sp³-hybridized carbons (Fsp3) is 0.211. The van der Waals surface area contributed by atoms with Gasteiger partial charge in [0.1, 0.15) is 5.75 Å². The van der Waals surface area contributed by atoms with Crippen LogP contribution in [0.5, 0.6) is 11.6 Å². The maximum Gasteiger partial charge on any atom is 0.222 e. The van der Waals surface area contributed by atoms with E-state index in [-0.39, 0.29) is 5.91 Å². The first kappa shape index (κ1) is 16.7. The topological polar surface area (TPSA) is 69.0 Å². The summed E-state index contributed by atoms with van der Waals surface area (Å²) in [6.07, 6.45) is 5.80. The highest BCUT2D eigenvalue weighted by atomic mass is 16.5. The van der Waals surface area contributed by atoms with Crippen LogP contribution in [0.25, 0.3) is 0 Å². The standard InChI is InChI=1S/C19H20N4O2/c1-15-11-22-23(14-15)10-9-18(24)20-12-16-7-8-19(21-13-16)25-17-5-3-2-4-6-17/h2-8,11,13-14H,9-10,12H2,1H3,(H,20,24). The summed E-state index contributed by atoms with van der Waals surface area (Å²) in [4.78, 5) is 16.2. The van der Waals surface area contributed by atoms with E-state index in [0.717, 1.165) is 16.9 Å². The first-order chi connectivity index (χ1) is 12.2. The summed E-state index contributed by atoms with van der Waals surface area (Å²) in [5.74, 6) is 1.25. The molecular weight excluding hydrogens is 316 g/mol. The van der Waals surface area contributed by atoms with Crippen molar-refractivity contribution in [3.63, 3.8) is 0 Å². The molecule has 2 heterocycles. The Morgan fingerprint density at radius 1 is 1.16 bits per heavy atom. The largest absolute Gasteiger partial charge is 0.439 e. The quantitative estimate of drug-likeness (QED) is 0.720. The Bertz CT molecular complexity index is 813. The summed E-state index contributed by atoms with van der Waals surface area (Å²) in [7, 11) is 0. The first-order valence-corrected chi connectivity index (χ1v) is 8.12. The van der Waals surface area contributed by atoms with Gasteiger partial charge in [-0.05, 0) is 30.2 Å². The van der Waals surface area contributed by atoms with Gasteiger partial charge in [-0.2, -0.15) is 5.10 Å². The Balaban J connectivity index is 1.44. The van der Waals surface area contributed by atoms with Gasteiger partial charge >= 0.3 is 0 Å². The zero-order valence-corrected chi connectivity index (χ0v) is 14.1. The van der Waals surface area contributed by atoms with E-state index >= 15 is 0 Å². The van der Waals surface area contributed by atoms with Crippen LogP contribution in [0.1, 0.15) is 17.5 Å². The number of hydrogen-bond acceptors (Lipinski definition) is 4. The molecule has 3 aromatic rings. The van der Waals surface area contributed by atoms with Gasteiger partial charge in [0.15, 0.2) is 0 Å². The summed E-state index contributed by atoms with van der Waals surface area (Å²) in [5, 5.41) is 7.05. The molecule has 6 heteroatoms. The number of hydrogen-bond donors (Lipinski definition) is 1. The number of amides is 1. The molecule has 2 aromatic heterocycles. The average molecular weight is 336 g/mol. The highest BCUT2D eigenvalue weighted by molar-refractivity contribution is 5.75. The lowest BCUT2D eigenvalue weighted by Crippen LogP contribution is -2.24.